The summed E-state index contributed by atoms with van der Waals surface area (Å²) in [5, 5.41) is 14.6. The smallest absolute Gasteiger partial charge is 0.339 e. The van der Waals surface area contributed by atoms with E-state index in [0.717, 1.165) is 4.88 Å². The summed E-state index contributed by atoms with van der Waals surface area (Å²) < 4.78 is 1.21. The van der Waals surface area contributed by atoms with Crippen LogP contribution in [0.25, 0.3) is 10.2 Å². The maximum Gasteiger partial charge on any atom is 0.339 e. The van der Waals surface area contributed by atoms with E-state index in [4.69, 9.17) is 0 Å². The number of anilines is 1. The number of hydrogen-bond acceptors (Lipinski definition) is 6. The summed E-state index contributed by atoms with van der Waals surface area (Å²) in [6.07, 6.45) is 1.90. The van der Waals surface area contributed by atoms with Gasteiger partial charge >= 0.3 is 5.97 Å². The van der Waals surface area contributed by atoms with Crippen LogP contribution in [0, 0.1) is 6.92 Å². The third-order valence-corrected chi connectivity index (χ3v) is 5.68. The Kier molecular flexibility index (Phi) is 4.69. The average molecular weight is 377 g/mol. The fourth-order valence-corrected chi connectivity index (χ4v) is 4.52. The van der Waals surface area contributed by atoms with Gasteiger partial charge in [-0.05, 0) is 30.4 Å². The van der Waals surface area contributed by atoms with Gasteiger partial charge in [-0.3, -0.25) is 14.2 Å². The zero-order chi connectivity index (χ0) is 18.1. The number of hydrogen-bond donors (Lipinski definition) is 2. The third kappa shape index (κ3) is 3.20. The standard InChI is InChI=1S/C16H15N3O4S2/c1-3-9-8(2)25-14(12(9)16(22)23)18-11(20)6-19-7-17-13-10(15(19)21)4-5-24-13/h4-5,7H,3,6H2,1-2H3,(H,18,20)(H,22,23). The molecule has 0 aliphatic carbocycles. The van der Waals surface area contributed by atoms with E-state index in [1.54, 1.807) is 11.4 Å². The Labute approximate surface area is 150 Å². The topological polar surface area (TPSA) is 101 Å². The zero-order valence-electron chi connectivity index (χ0n) is 13.5. The quantitative estimate of drug-likeness (QED) is 0.712. The van der Waals surface area contributed by atoms with Crippen molar-refractivity contribution < 1.29 is 14.7 Å². The first-order valence-corrected chi connectivity index (χ1v) is 9.20. The van der Waals surface area contributed by atoms with Gasteiger partial charge in [0.1, 0.15) is 16.4 Å². The van der Waals surface area contributed by atoms with Gasteiger partial charge in [-0.2, -0.15) is 0 Å². The molecule has 0 saturated heterocycles. The summed E-state index contributed by atoms with van der Waals surface area (Å²) in [5.41, 5.74) is 0.542. The lowest BCUT2D eigenvalue weighted by Gasteiger charge is -2.07. The number of rotatable bonds is 5. The summed E-state index contributed by atoms with van der Waals surface area (Å²) in [6, 6.07) is 1.67. The number of fused-ring (bicyclic) bond motifs is 1. The number of carboxylic acids is 1. The molecular weight excluding hydrogens is 362 g/mol. The lowest BCUT2D eigenvalue weighted by atomic mass is 10.1. The van der Waals surface area contributed by atoms with Gasteiger partial charge < -0.3 is 10.4 Å². The van der Waals surface area contributed by atoms with E-state index in [1.807, 2.05) is 13.8 Å². The molecule has 0 unspecified atom stereocenters. The molecule has 0 aromatic carbocycles. The maximum atomic E-state index is 12.3. The SMILES string of the molecule is CCc1c(C)sc(NC(=O)Cn2cnc3sccc3c2=O)c1C(=O)O. The van der Waals surface area contributed by atoms with Crippen molar-refractivity contribution in [1.82, 2.24) is 9.55 Å². The molecule has 3 aromatic rings. The summed E-state index contributed by atoms with van der Waals surface area (Å²) in [5.74, 6) is -1.54. The van der Waals surface area contributed by atoms with Gasteiger partial charge in [0.05, 0.1) is 17.3 Å². The summed E-state index contributed by atoms with van der Waals surface area (Å²) in [4.78, 5) is 41.8. The van der Waals surface area contributed by atoms with Gasteiger partial charge in [-0.1, -0.05) is 6.92 Å². The number of nitrogens with zero attached hydrogens (tertiary/aromatic N) is 2. The fourth-order valence-electron chi connectivity index (χ4n) is 2.65. The van der Waals surface area contributed by atoms with E-state index in [9.17, 15) is 19.5 Å². The third-order valence-electron chi connectivity index (χ3n) is 3.79. The normalized spacial score (nSPS) is 11.0. The molecule has 0 aliphatic heterocycles. The van der Waals surface area contributed by atoms with Crippen molar-refractivity contribution in [3.8, 4) is 0 Å². The van der Waals surface area contributed by atoms with E-state index in [2.05, 4.69) is 10.3 Å². The second kappa shape index (κ2) is 6.77. The molecule has 0 atom stereocenters. The Morgan fingerprint density at radius 2 is 2.16 bits per heavy atom. The van der Waals surface area contributed by atoms with Crippen molar-refractivity contribution in [1.29, 1.82) is 0 Å². The first-order valence-electron chi connectivity index (χ1n) is 7.50. The lowest BCUT2D eigenvalue weighted by molar-refractivity contribution is -0.116. The van der Waals surface area contributed by atoms with Crippen LogP contribution < -0.4 is 10.9 Å². The first-order chi connectivity index (χ1) is 11.9. The van der Waals surface area contributed by atoms with Crippen molar-refractivity contribution in [3.63, 3.8) is 0 Å². The minimum absolute atomic E-state index is 0.122. The molecule has 0 spiro atoms. The van der Waals surface area contributed by atoms with Crippen molar-refractivity contribution in [3.05, 3.63) is 44.1 Å². The van der Waals surface area contributed by atoms with Crippen LogP contribution in [0.2, 0.25) is 0 Å². The van der Waals surface area contributed by atoms with Gasteiger partial charge in [0.2, 0.25) is 5.91 Å². The highest BCUT2D eigenvalue weighted by atomic mass is 32.1. The van der Waals surface area contributed by atoms with Crippen molar-refractivity contribution in [2.24, 2.45) is 0 Å². The number of amides is 1. The number of aryl methyl sites for hydroxylation is 1. The van der Waals surface area contributed by atoms with E-state index in [0.29, 0.717) is 27.2 Å². The molecule has 0 aliphatic rings. The van der Waals surface area contributed by atoms with E-state index in [1.165, 1.54) is 33.6 Å². The Morgan fingerprint density at radius 1 is 1.40 bits per heavy atom. The lowest BCUT2D eigenvalue weighted by Crippen LogP contribution is -2.27. The van der Waals surface area contributed by atoms with Gasteiger partial charge in [-0.15, -0.1) is 22.7 Å². The molecule has 1 amide bonds. The molecule has 0 radical (unpaired) electrons. The minimum atomic E-state index is -1.07. The molecule has 3 heterocycles. The first kappa shape index (κ1) is 17.3. The van der Waals surface area contributed by atoms with Crippen molar-refractivity contribution >= 4 is 49.8 Å². The highest BCUT2D eigenvalue weighted by Crippen LogP contribution is 2.33. The largest absolute Gasteiger partial charge is 0.478 e. The summed E-state index contributed by atoms with van der Waals surface area (Å²) in [7, 11) is 0. The Hall–Kier alpha value is -2.52. The number of carboxylic acid groups (broad SMARTS) is 1. The molecule has 9 heteroatoms. The van der Waals surface area contributed by atoms with Crippen LogP contribution in [0.4, 0.5) is 5.00 Å². The van der Waals surface area contributed by atoms with Gasteiger partial charge in [-0.25, -0.2) is 9.78 Å². The minimum Gasteiger partial charge on any atom is -0.478 e. The predicted octanol–water partition coefficient (Wildman–Crippen LogP) is 2.73. The molecule has 0 fully saturated rings. The maximum absolute atomic E-state index is 12.3. The molecule has 25 heavy (non-hydrogen) atoms. The van der Waals surface area contributed by atoms with Crippen LogP contribution in [-0.4, -0.2) is 26.5 Å². The second-order valence-corrected chi connectivity index (χ2v) is 7.48. The van der Waals surface area contributed by atoms with Gasteiger partial charge in [0, 0.05) is 4.88 Å². The van der Waals surface area contributed by atoms with Crippen molar-refractivity contribution in [2.45, 2.75) is 26.8 Å². The predicted molar refractivity (Wildman–Crippen MR) is 97.9 cm³/mol. The number of aromatic nitrogens is 2. The summed E-state index contributed by atoms with van der Waals surface area (Å²) >= 11 is 2.58. The number of carbonyl (C=O) groups excluding carboxylic acids is 1. The van der Waals surface area contributed by atoms with Crippen LogP contribution in [0.15, 0.2) is 22.6 Å². The van der Waals surface area contributed by atoms with E-state index in [-0.39, 0.29) is 17.7 Å². The number of thiophene rings is 2. The van der Waals surface area contributed by atoms with Crippen LogP contribution in [-0.2, 0) is 17.8 Å². The highest BCUT2D eigenvalue weighted by molar-refractivity contribution is 7.17. The Morgan fingerprint density at radius 3 is 2.84 bits per heavy atom. The monoisotopic (exact) mass is 377 g/mol. The molecular formula is C16H15N3O4S2. The number of nitrogens with one attached hydrogen (secondary N) is 1. The van der Waals surface area contributed by atoms with Crippen LogP contribution >= 0.6 is 22.7 Å². The Balaban J connectivity index is 1.86. The van der Waals surface area contributed by atoms with Crippen molar-refractivity contribution in [2.75, 3.05) is 5.32 Å². The highest BCUT2D eigenvalue weighted by Gasteiger charge is 2.22. The van der Waals surface area contributed by atoms with Crippen LogP contribution in [0.3, 0.4) is 0 Å². The number of aromatic carboxylic acids is 1. The molecule has 0 bridgehead atoms. The molecule has 2 N–H and O–H groups in total. The average Bonchev–Trinajstić information content (AvgIpc) is 3.14. The van der Waals surface area contributed by atoms with Gasteiger partial charge in [0.25, 0.3) is 5.56 Å². The fraction of sp³-hybridized carbons (Fsp3) is 0.250. The van der Waals surface area contributed by atoms with E-state index >= 15 is 0 Å². The summed E-state index contributed by atoms with van der Waals surface area (Å²) in [6.45, 7) is 3.47. The van der Waals surface area contributed by atoms with Gasteiger partial charge in [0.15, 0.2) is 0 Å². The second-order valence-electron chi connectivity index (χ2n) is 5.36. The molecule has 7 nitrogen and oxygen atoms in total. The number of carbonyl (C=O) groups is 2. The Bertz CT molecular complexity index is 1030. The van der Waals surface area contributed by atoms with Crippen LogP contribution in [0.1, 0.15) is 27.7 Å². The molecule has 3 rings (SSSR count). The molecule has 0 saturated carbocycles. The van der Waals surface area contributed by atoms with E-state index < -0.39 is 11.9 Å². The van der Waals surface area contributed by atoms with Crippen LogP contribution in [0.5, 0.6) is 0 Å². The zero-order valence-corrected chi connectivity index (χ0v) is 15.2. The molecule has 130 valence electrons. The molecule has 3 aromatic heterocycles.